The van der Waals surface area contributed by atoms with Crippen LogP contribution in [0.15, 0.2) is 29.3 Å². The predicted octanol–water partition coefficient (Wildman–Crippen LogP) is 1.58. The molecule has 0 amide bonds. The molecule has 1 aromatic carbocycles. The molecule has 0 unspecified atom stereocenters. The molecular formula is C13H13NO3. The Hall–Kier alpha value is -1.84. The Kier molecular flexibility index (Phi) is 2.18. The van der Waals surface area contributed by atoms with E-state index in [9.17, 15) is 9.90 Å². The zero-order valence-electron chi connectivity index (χ0n) is 9.35. The summed E-state index contributed by atoms with van der Waals surface area (Å²) < 4.78 is 5.39. The van der Waals surface area contributed by atoms with E-state index in [2.05, 4.69) is 4.99 Å². The zero-order valence-corrected chi connectivity index (χ0v) is 9.35. The lowest BCUT2D eigenvalue weighted by Crippen LogP contribution is -2.19. The quantitative estimate of drug-likeness (QED) is 0.859. The van der Waals surface area contributed by atoms with Crippen LogP contribution in [0, 0.1) is 0 Å². The van der Waals surface area contributed by atoms with Crippen LogP contribution >= 0.6 is 0 Å². The highest BCUT2D eigenvalue weighted by atomic mass is 16.5. The molecule has 0 aromatic heterocycles. The highest BCUT2D eigenvalue weighted by Gasteiger charge is 2.51. The number of nitrogens with zero attached hydrogens (tertiary/aromatic N) is 1. The first-order valence-corrected chi connectivity index (χ1v) is 5.74. The zero-order chi connectivity index (χ0) is 11.9. The Morgan fingerprint density at radius 2 is 2.24 bits per heavy atom. The fraction of sp³-hybridized carbons (Fsp3) is 0.385. The van der Waals surface area contributed by atoms with E-state index in [1.807, 2.05) is 24.3 Å². The van der Waals surface area contributed by atoms with Crippen LogP contribution in [0.3, 0.4) is 0 Å². The van der Waals surface area contributed by atoms with Crippen molar-refractivity contribution in [3.8, 4) is 0 Å². The Balaban J connectivity index is 1.97. The number of aliphatic carboxylic acids is 1. The molecular weight excluding hydrogens is 218 g/mol. The van der Waals surface area contributed by atoms with Crippen molar-refractivity contribution in [1.82, 2.24) is 0 Å². The van der Waals surface area contributed by atoms with Gasteiger partial charge < -0.3 is 9.84 Å². The first-order chi connectivity index (χ1) is 8.22. The van der Waals surface area contributed by atoms with Crippen LogP contribution < -0.4 is 0 Å². The van der Waals surface area contributed by atoms with Gasteiger partial charge >= 0.3 is 5.97 Å². The van der Waals surface area contributed by atoms with Crippen molar-refractivity contribution in [2.24, 2.45) is 4.99 Å². The minimum Gasteiger partial charge on any atom is -0.481 e. The second kappa shape index (κ2) is 3.58. The minimum absolute atomic E-state index is 0.615. The molecule has 1 N–H and O–H groups in total. The number of rotatable bonds is 3. The summed E-state index contributed by atoms with van der Waals surface area (Å²) in [6.07, 6.45) is 1.44. The first-order valence-electron chi connectivity index (χ1n) is 5.74. The van der Waals surface area contributed by atoms with E-state index >= 15 is 0 Å². The SMILES string of the molecule is O=C(O)C1(c2cccc(C3=NCCO3)c2)CC1. The van der Waals surface area contributed by atoms with Gasteiger partial charge in [-0.15, -0.1) is 0 Å². The average molecular weight is 231 g/mol. The van der Waals surface area contributed by atoms with Gasteiger partial charge in [-0.05, 0) is 30.5 Å². The van der Waals surface area contributed by atoms with Crippen molar-refractivity contribution < 1.29 is 14.6 Å². The minimum atomic E-state index is -0.732. The lowest BCUT2D eigenvalue weighted by Gasteiger charge is -2.11. The monoisotopic (exact) mass is 231 g/mol. The van der Waals surface area contributed by atoms with Gasteiger partial charge in [-0.25, -0.2) is 4.99 Å². The van der Waals surface area contributed by atoms with E-state index in [-0.39, 0.29) is 0 Å². The van der Waals surface area contributed by atoms with Gasteiger partial charge in [0.25, 0.3) is 0 Å². The van der Waals surface area contributed by atoms with Gasteiger partial charge in [0.15, 0.2) is 0 Å². The van der Waals surface area contributed by atoms with Crippen molar-refractivity contribution >= 4 is 11.9 Å². The van der Waals surface area contributed by atoms with Crippen molar-refractivity contribution in [2.45, 2.75) is 18.3 Å². The number of hydrogen-bond acceptors (Lipinski definition) is 3. The molecule has 2 aliphatic rings. The molecule has 0 bridgehead atoms. The van der Waals surface area contributed by atoms with Gasteiger partial charge in [-0.1, -0.05) is 12.1 Å². The van der Waals surface area contributed by atoms with E-state index in [0.29, 0.717) is 19.0 Å². The number of carboxylic acids is 1. The van der Waals surface area contributed by atoms with Gasteiger partial charge in [0, 0.05) is 5.56 Å². The van der Waals surface area contributed by atoms with Crippen LogP contribution in [-0.2, 0) is 14.9 Å². The van der Waals surface area contributed by atoms with Crippen molar-refractivity contribution in [1.29, 1.82) is 0 Å². The Bertz CT molecular complexity index is 503. The number of carbonyl (C=O) groups is 1. The molecule has 88 valence electrons. The highest BCUT2D eigenvalue weighted by molar-refractivity contribution is 5.95. The Labute approximate surface area is 98.9 Å². The molecule has 1 heterocycles. The maximum atomic E-state index is 11.3. The molecule has 4 nitrogen and oxygen atoms in total. The second-order valence-electron chi connectivity index (χ2n) is 4.50. The lowest BCUT2D eigenvalue weighted by atomic mass is 9.94. The Morgan fingerprint density at radius 1 is 1.41 bits per heavy atom. The van der Waals surface area contributed by atoms with Gasteiger partial charge in [0.1, 0.15) is 6.61 Å². The lowest BCUT2D eigenvalue weighted by molar-refractivity contribution is -0.140. The van der Waals surface area contributed by atoms with Crippen LogP contribution in [0.25, 0.3) is 0 Å². The van der Waals surface area contributed by atoms with Gasteiger partial charge in [0.2, 0.25) is 5.90 Å². The average Bonchev–Trinajstić information content (AvgIpc) is 2.98. The summed E-state index contributed by atoms with van der Waals surface area (Å²) in [6.45, 7) is 1.30. The molecule has 3 rings (SSSR count). The maximum Gasteiger partial charge on any atom is 0.314 e. The van der Waals surface area contributed by atoms with E-state index < -0.39 is 11.4 Å². The third-order valence-corrected chi connectivity index (χ3v) is 3.41. The summed E-state index contributed by atoms with van der Waals surface area (Å²) in [5, 5.41) is 9.25. The molecule has 1 saturated carbocycles. The molecule has 17 heavy (non-hydrogen) atoms. The van der Waals surface area contributed by atoms with Gasteiger partial charge in [-0.3, -0.25) is 4.79 Å². The molecule has 0 spiro atoms. The largest absolute Gasteiger partial charge is 0.481 e. The topological polar surface area (TPSA) is 58.9 Å². The predicted molar refractivity (Wildman–Crippen MR) is 62.3 cm³/mol. The van der Waals surface area contributed by atoms with Gasteiger partial charge in [0.05, 0.1) is 12.0 Å². The normalized spacial score (nSPS) is 20.6. The summed E-state index contributed by atoms with van der Waals surface area (Å²) >= 11 is 0. The molecule has 0 saturated heterocycles. The molecule has 1 fully saturated rings. The summed E-state index contributed by atoms with van der Waals surface area (Å²) in [4.78, 5) is 15.5. The fourth-order valence-corrected chi connectivity index (χ4v) is 2.21. The van der Waals surface area contributed by atoms with Crippen LogP contribution in [0.1, 0.15) is 24.0 Å². The van der Waals surface area contributed by atoms with E-state index in [1.54, 1.807) is 0 Å². The van der Waals surface area contributed by atoms with E-state index in [0.717, 1.165) is 24.0 Å². The van der Waals surface area contributed by atoms with E-state index in [1.165, 1.54) is 0 Å². The third-order valence-electron chi connectivity index (χ3n) is 3.41. The summed E-state index contributed by atoms with van der Waals surface area (Å²) in [5.41, 5.74) is 1.09. The van der Waals surface area contributed by atoms with Crippen molar-refractivity contribution in [2.75, 3.05) is 13.2 Å². The number of aliphatic imine (C=N–C) groups is 1. The number of ether oxygens (including phenoxy) is 1. The number of hydrogen-bond donors (Lipinski definition) is 1. The van der Waals surface area contributed by atoms with Crippen molar-refractivity contribution in [3.05, 3.63) is 35.4 Å². The fourth-order valence-electron chi connectivity index (χ4n) is 2.21. The Morgan fingerprint density at radius 3 is 2.82 bits per heavy atom. The summed E-state index contributed by atoms with van der Waals surface area (Å²) in [7, 11) is 0. The molecule has 1 aliphatic heterocycles. The highest BCUT2D eigenvalue weighted by Crippen LogP contribution is 2.48. The van der Waals surface area contributed by atoms with Gasteiger partial charge in [-0.2, -0.15) is 0 Å². The first kappa shape index (κ1) is 10.3. The maximum absolute atomic E-state index is 11.3. The number of benzene rings is 1. The van der Waals surface area contributed by atoms with Crippen LogP contribution in [0.2, 0.25) is 0 Å². The smallest absolute Gasteiger partial charge is 0.314 e. The second-order valence-corrected chi connectivity index (χ2v) is 4.50. The van der Waals surface area contributed by atoms with Crippen LogP contribution in [-0.4, -0.2) is 30.1 Å². The molecule has 0 atom stereocenters. The molecule has 4 heteroatoms. The number of carboxylic acid groups (broad SMARTS) is 1. The third kappa shape index (κ3) is 1.60. The van der Waals surface area contributed by atoms with Crippen LogP contribution in [0.4, 0.5) is 0 Å². The molecule has 1 aromatic rings. The molecule has 1 aliphatic carbocycles. The van der Waals surface area contributed by atoms with Crippen molar-refractivity contribution in [3.63, 3.8) is 0 Å². The van der Waals surface area contributed by atoms with Crippen LogP contribution in [0.5, 0.6) is 0 Å². The molecule has 0 radical (unpaired) electrons. The standard InChI is InChI=1S/C13H13NO3/c15-12(16)13(4-5-13)10-3-1-2-9(8-10)11-14-6-7-17-11/h1-3,8H,4-7H2,(H,15,16). The summed E-state index contributed by atoms with van der Waals surface area (Å²) in [5.74, 6) is -0.100. The summed E-state index contributed by atoms with van der Waals surface area (Å²) in [6, 6.07) is 7.55. The van der Waals surface area contributed by atoms with E-state index in [4.69, 9.17) is 4.74 Å².